The lowest BCUT2D eigenvalue weighted by Crippen LogP contribution is -2.30. The van der Waals surface area contributed by atoms with Crippen molar-refractivity contribution in [3.63, 3.8) is 0 Å². The van der Waals surface area contributed by atoms with Gasteiger partial charge < -0.3 is 11.1 Å². The van der Waals surface area contributed by atoms with Gasteiger partial charge in [0.1, 0.15) is 0 Å². The lowest BCUT2D eigenvalue weighted by molar-refractivity contribution is -0.122. The first kappa shape index (κ1) is 16.8. The largest absolute Gasteiger partial charge is 0.349 e. The number of carbonyl (C=O) groups excluding carboxylic acids is 1. The molecule has 2 atom stereocenters. The molecule has 0 radical (unpaired) electrons. The van der Waals surface area contributed by atoms with Crippen molar-refractivity contribution in [3.8, 4) is 0 Å². The number of halogens is 2. The molecule has 3 nitrogen and oxygen atoms in total. The average Bonchev–Trinajstić information content (AvgIpc) is 2.47. The fraction of sp³-hybridized carbons (Fsp3) is 0.235. The van der Waals surface area contributed by atoms with Crippen LogP contribution < -0.4 is 11.1 Å². The molecule has 1 amide bonds. The minimum absolute atomic E-state index is 0.116. The third kappa shape index (κ3) is 4.47. The average molecular weight is 337 g/mol. The summed E-state index contributed by atoms with van der Waals surface area (Å²) in [6.45, 7) is 1.88. The summed E-state index contributed by atoms with van der Waals surface area (Å²) in [5, 5.41) is 4.01. The lowest BCUT2D eigenvalue weighted by atomic mass is 10.0. The van der Waals surface area contributed by atoms with Crippen molar-refractivity contribution in [2.75, 3.05) is 0 Å². The molecule has 0 heterocycles. The summed E-state index contributed by atoms with van der Waals surface area (Å²) in [6, 6.07) is 14.3. The molecule has 5 heteroatoms. The highest BCUT2D eigenvalue weighted by molar-refractivity contribution is 6.35. The molecule has 22 heavy (non-hydrogen) atoms. The van der Waals surface area contributed by atoms with Gasteiger partial charge >= 0.3 is 0 Å². The Hall–Kier alpha value is -1.55. The van der Waals surface area contributed by atoms with Crippen LogP contribution in [-0.2, 0) is 4.79 Å². The van der Waals surface area contributed by atoms with E-state index in [4.69, 9.17) is 28.9 Å². The van der Waals surface area contributed by atoms with Gasteiger partial charge in [-0.2, -0.15) is 0 Å². The summed E-state index contributed by atoms with van der Waals surface area (Å²) < 4.78 is 0. The van der Waals surface area contributed by atoms with E-state index in [1.165, 1.54) is 0 Å². The number of nitrogens with one attached hydrogen (secondary N) is 1. The van der Waals surface area contributed by atoms with Crippen molar-refractivity contribution in [1.82, 2.24) is 5.32 Å². The minimum atomic E-state index is -0.325. The maximum Gasteiger partial charge on any atom is 0.222 e. The molecule has 0 saturated carbocycles. The van der Waals surface area contributed by atoms with Crippen LogP contribution in [0.3, 0.4) is 0 Å². The monoisotopic (exact) mass is 336 g/mol. The molecule has 2 aromatic rings. The first-order chi connectivity index (χ1) is 10.5. The highest BCUT2D eigenvalue weighted by atomic mass is 35.5. The SMILES string of the molecule is C[C@H](NC(=O)C[C@H](N)c1ccccc1)c1ccc(Cl)cc1Cl. The lowest BCUT2D eigenvalue weighted by Gasteiger charge is -2.18. The Labute approximate surface area is 140 Å². The Bertz CT molecular complexity index is 646. The van der Waals surface area contributed by atoms with E-state index in [1.807, 2.05) is 43.3 Å². The Kier molecular flexibility index (Phi) is 5.83. The molecule has 0 aliphatic heterocycles. The molecule has 2 aromatic carbocycles. The maximum atomic E-state index is 12.1. The van der Waals surface area contributed by atoms with E-state index in [9.17, 15) is 4.79 Å². The van der Waals surface area contributed by atoms with Crippen LogP contribution in [-0.4, -0.2) is 5.91 Å². The number of nitrogens with two attached hydrogens (primary N) is 1. The maximum absolute atomic E-state index is 12.1. The molecular weight excluding hydrogens is 319 g/mol. The molecule has 0 bridgehead atoms. The van der Waals surface area contributed by atoms with Gasteiger partial charge in [-0.05, 0) is 30.2 Å². The van der Waals surface area contributed by atoms with Gasteiger partial charge in [-0.1, -0.05) is 59.6 Å². The zero-order valence-electron chi connectivity index (χ0n) is 12.2. The molecule has 0 aliphatic rings. The van der Waals surface area contributed by atoms with Crippen molar-refractivity contribution in [1.29, 1.82) is 0 Å². The first-order valence-corrected chi connectivity index (χ1v) is 7.78. The number of carbonyl (C=O) groups is 1. The van der Waals surface area contributed by atoms with Crippen LogP contribution in [0.25, 0.3) is 0 Å². The van der Waals surface area contributed by atoms with E-state index >= 15 is 0 Å². The summed E-state index contributed by atoms with van der Waals surface area (Å²) >= 11 is 12.0. The van der Waals surface area contributed by atoms with Crippen LogP contribution in [0.2, 0.25) is 10.0 Å². The van der Waals surface area contributed by atoms with Crippen LogP contribution >= 0.6 is 23.2 Å². The van der Waals surface area contributed by atoms with Crippen LogP contribution in [0.5, 0.6) is 0 Å². The summed E-state index contributed by atoms with van der Waals surface area (Å²) in [5.74, 6) is -0.116. The van der Waals surface area contributed by atoms with Crippen LogP contribution in [0, 0.1) is 0 Å². The van der Waals surface area contributed by atoms with Gasteiger partial charge in [0, 0.05) is 22.5 Å². The fourth-order valence-corrected chi connectivity index (χ4v) is 2.82. The normalized spacial score (nSPS) is 13.5. The second-order valence-corrected chi connectivity index (χ2v) is 6.02. The second kappa shape index (κ2) is 7.63. The predicted molar refractivity (Wildman–Crippen MR) is 91.0 cm³/mol. The van der Waals surface area contributed by atoms with Gasteiger partial charge in [0.2, 0.25) is 5.91 Å². The summed E-state index contributed by atoms with van der Waals surface area (Å²) in [5.41, 5.74) is 7.82. The van der Waals surface area contributed by atoms with Crippen LogP contribution in [0.15, 0.2) is 48.5 Å². The van der Waals surface area contributed by atoms with Crippen molar-refractivity contribution in [2.45, 2.75) is 25.4 Å². The summed E-state index contributed by atoms with van der Waals surface area (Å²) in [6.07, 6.45) is 0.222. The number of hydrogen-bond acceptors (Lipinski definition) is 2. The minimum Gasteiger partial charge on any atom is -0.349 e. The van der Waals surface area contributed by atoms with Crippen LogP contribution in [0.4, 0.5) is 0 Å². The standard InChI is InChI=1S/C17H18Cl2N2O/c1-11(14-8-7-13(18)9-15(14)19)21-17(22)10-16(20)12-5-3-2-4-6-12/h2-9,11,16H,10,20H2,1H3,(H,21,22)/t11-,16-/m0/s1. The van der Waals surface area contributed by atoms with Gasteiger partial charge in [-0.15, -0.1) is 0 Å². The Morgan fingerprint density at radius 3 is 2.50 bits per heavy atom. The second-order valence-electron chi connectivity index (χ2n) is 5.18. The van der Waals surface area contributed by atoms with Crippen molar-refractivity contribution in [3.05, 3.63) is 69.7 Å². The number of rotatable bonds is 5. The first-order valence-electron chi connectivity index (χ1n) is 7.02. The highest BCUT2D eigenvalue weighted by Gasteiger charge is 2.16. The molecule has 0 saturated heterocycles. The molecule has 0 spiro atoms. The predicted octanol–water partition coefficient (Wildman–Crippen LogP) is 4.26. The summed E-state index contributed by atoms with van der Waals surface area (Å²) in [4.78, 5) is 12.1. The molecule has 3 N–H and O–H groups in total. The van der Waals surface area contributed by atoms with E-state index in [-0.39, 0.29) is 24.4 Å². The zero-order chi connectivity index (χ0) is 16.1. The van der Waals surface area contributed by atoms with Gasteiger partial charge in [-0.3, -0.25) is 4.79 Å². The van der Waals surface area contributed by atoms with E-state index in [0.29, 0.717) is 10.0 Å². The Morgan fingerprint density at radius 2 is 1.86 bits per heavy atom. The fourth-order valence-electron chi connectivity index (χ4n) is 2.25. The van der Waals surface area contributed by atoms with Crippen molar-refractivity contribution < 1.29 is 4.79 Å². The molecule has 2 rings (SSSR count). The van der Waals surface area contributed by atoms with Gasteiger partial charge in [0.25, 0.3) is 0 Å². The molecule has 0 aromatic heterocycles. The van der Waals surface area contributed by atoms with E-state index in [0.717, 1.165) is 11.1 Å². The van der Waals surface area contributed by atoms with Crippen molar-refractivity contribution >= 4 is 29.1 Å². The number of amides is 1. The van der Waals surface area contributed by atoms with Gasteiger partial charge in [0.05, 0.1) is 6.04 Å². The topological polar surface area (TPSA) is 55.1 Å². The van der Waals surface area contributed by atoms with Crippen molar-refractivity contribution in [2.24, 2.45) is 5.73 Å². The van der Waals surface area contributed by atoms with E-state index in [1.54, 1.807) is 12.1 Å². The zero-order valence-corrected chi connectivity index (χ0v) is 13.7. The third-order valence-corrected chi connectivity index (χ3v) is 4.00. The van der Waals surface area contributed by atoms with E-state index < -0.39 is 0 Å². The number of benzene rings is 2. The Morgan fingerprint density at radius 1 is 1.18 bits per heavy atom. The third-order valence-electron chi connectivity index (χ3n) is 3.44. The molecule has 116 valence electrons. The van der Waals surface area contributed by atoms with E-state index in [2.05, 4.69) is 5.32 Å². The molecule has 0 fully saturated rings. The summed E-state index contributed by atoms with van der Waals surface area (Å²) in [7, 11) is 0. The van der Waals surface area contributed by atoms with Crippen LogP contribution in [0.1, 0.15) is 36.6 Å². The van der Waals surface area contributed by atoms with Gasteiger partial charge in [0.15, 0.2) is 0 Å². The molecular formula is C17H18Cl2N2O. The Balaban J connectivity index is 1.96. The van der Waals surface area contributed by atoms with Gasteiger partial charge in [-0.25, -0.2) is 0 Å². The number of hydrogen-bond donors (Lipinski definition) is 2. The highest BCUT2D eigenvalue weighted by Crippen LogP contribution is 2.26. The molecule has 0 unspecified atom stereocenters. The molecule has 0 aliphatic carbocycles. The quantitative estimate of drug-likeness (QED) is 0.856. The smallest absolute Gasteiger partial charge is 0.222 e.